The van der Waals surface area contributed by atoms with Crippen molar-refractivity contribution in [1.82, 2.24) is 15.5 Å². The van der Waals surface area contributed by atoms with Crippen molar-refractivity contribution in [3.8, 4) is 0 Å². The lowest BCUT2D eigenvalue weighted by Crippen LogP contribution is -2.41. The van der Waals surface area contributed by atoms with Gasteiger partial charge in [0.25, 0.3) is 0 Å². The quantitative estimate of drug-likeness (QED) is 0.649. The van der Waals surface area contributed by atoms with Crippen molar-refractivity contribution in [2.45, 2.75) is 32.6 Å². The number of nitrogens with zero attached hydrogens (tertiary/aromatic N) is 1. The Balaban J connectivity index is 2.05. The second-order valence-electron chi connectivity index (χ2n) is 4.32. The summed E-state index contributed by atoms with van der Waals surface area (Å²) in [5.74, 6) is 0.186. The highest BCUT2D eigenvalue weighted by molar-refractivity contribution is 5.78. The first-order chi connectivity index (χ1) is 8.24. The van der Waals surface area contributed by atoms with Crippen molar-refractivity contribution in [2.24, 2.45) is 0 Å². The van der Waals surface area contributed by atoms with Crippen molar-refractivity contribution in [1.29, 1.82) is 0 Å². The predicted octanol–water partition coefficient (Wildman–Crippen LogP) is 0.115. The lowest BCUT2D eigenvalue weighted by Gasteiger charge is -2.26. The summed E-state index contributed by atoms with van der Waals surface area (Å²) >= 11 is 0. The molecule has 0 radical (unpaired) electrons. The number of hydrogen-bond donors (Lipinski definition) is 2. The minimum absolute atomic E-state index is 0.0328. The zero-order valence-corrected chi connectivity index (χ0v) is 10.6. The number of carbonyl (C=O) groups is 2. The molecule has 0 unspecified atom stereocenters. The van der Waals surface area contributed by atoms with E-state index in [-0.39, 0.29) is 11.8 Å². The van der Waals surface area contributed by atoms with Gasteiger partial charge in [0, 0.05) is 32.6 Å². The highest BCUT2D eigenvalue weighted by Crippen LogP contribution is 2.07. The SMILES string of the molecule is CCNC(=O)CCNCC(=O)N1CCCCC1. The van der Waals surface area contributed by atoms with Gasteiger partial charge in [0.05, 0.1) is 6.54 Å². The molecule has 5 nitrogen and oxygen atoms in total. The van der Waals surface area contributed by atoms with Crippen LogP contribution in [0.25, 0.3) is 0 Å². The summed E-state index contributed by atoms with van der Waals surface area (Å²) in [5, 5.41) is 5.74. The average molecular weight is 241 g/mol. The summed E-state index contributed by atoms with van der Waals surface area (Å²) in [4.78, 5) is 24.8. The molecule has 1 heterocycles. The number of likely N-dealkylation sites (tertiary alicyclic amines) is 1. The first-order valence-electron chi connectivity index (χ1n) is 6.49. The van der Waals surface area contributed by atoms with Gasteiger partial charge < -0.3 is 15.5 Å². The van der Waals surface area contributed by atoms with Crippen LogP contribution >= 0.6 is 0 Å². The van der Waals surface area contributed by atoms with Crippen LogP contribution in [-0.2, 0) is 9.59 Å². The third-order valence-corrected chi connectivity index (χ3v) is 2.89. The molecule has 1 fully saturated rings. The van der Waals surface area contributed by atoms with Gasteiger partial charge in [0.2, 0.25) is 11.8 Å². The van der Waals surface area contributed by atoms with Gasteiger partial charge in [-0.15, -0.1) is 0 Å². The molecule has 0 atom stereocenters. The van der Waals surface area contributed by atoms with Gasteiger partial charge in [0.15, 0.2) is 0 Å². The van der Waals surface area contributed by atoms with Crippen molar-refractivity contribution in [3.05, 3.63) is 0 Å². The number of carbonyl (C=O) groups excluding carboxylic acids is 2. The molecule has 98 valence electrons. The van der Waals surface area contributed by atoms with E-state index >= 15 is 0 Å². The molecule has 17 heavy (non-hydrogen) atoms. The summed E-state index contributed by atoms with van der Waals surface area (Å²) in [6, 6.07) is 0. The number of rotatable bonds is 6. The average Bonchev–Trinajstić information content (AvgIpc) is 2.36. The van der Waals surface area contributed by atoms with E-state index in [4.69, 9.17) is 0 Å². The van der Waals surface area contributed by atoms with Crippen LogP contribution in [0.5, 0.6) is 0 Å². The summed E-state index contributed by atoms with van der Waals surface area (Å²) in [5.41, 5.74) is 0. The fourth-order valence-corrected chi connectivity index (χ4v) is 1.94. The van der Waals surface area contributed by atoms with Gasteiger partial charge in [-0.2, -0.15) is 0 Å². The molecule has 0 saturated carbocycles. The Hall–Kier alpha value is -1.10. The van der Waals surface area contributed by atoms with Gasteiger partial charge in [-0.25, -0.2) is 0 Å². The maximum atomic E-state index is 11.7. The maximum Gasteiger partial charge on any atom is 0.236 e. The van der Waals surface area contributed by atoms with Crippen molar-refractivity contribution < 1.29 is 9.59 Å². The molecule has 0 spiro atoms. The molecule has 0 bridgehead atoms. The second kappa shape index (κ2) is 8.06. The highest BCUT2D eigenvalue weighted by atomic mass is 16.2. The van der Waals surface area contributed by atoms with Crippen LogP contribution < -0.4 is 10.6 Å². The summed E-state index contributed by atoms with van der Waals surface area (Å²) in [6.07, 6.45) is 3.89. The van der Waals surface area contributed by atoms with E-state index in [1.165, 1.54) is 6.42 Å². The summed E-state index contributed by atoms with van der Waals surface area (Å²) in [6.45, 7) is 5.23. The Morgan fingerprint density at radius 3 is 2.53 bits per heavy atom. The van der Waals surface area contributed by atoms with Crippen LogP contribution in [0.2, 0.25) is 0 Å². The molecule has 5 heteroatoms. The lowest BCUT2D eigenvalue weighted by molar-refractivity contribution is -0.131. The maximum absolute atomic E-state index is 11.7. The Bertz CT molecular complexity index is 250. The van der Waals surface area contributed by atoms with E-state index < -0.39 is 0 Å². The molecule has 1 aliphatic rings. The Kier molecular flexibility index (Phi) is 6.62. The molecule has 0 aromatic carbocycles. The van der Waals surface area contributed by atoms with Crippen LogP contribution in [0.15, 0.2) is 0 Å². The molecule has 1 saturated heterocycles. The normalized spacial score (nSPS) is 15.7. The van der Waals surface area contributed by atoms with Gasteiger partial charge in [0.1, 0.15) is 0 Å². The minimum Gasteiger partial charge on any atom is -0.356 e. The molecule has 2 amide bonds. The zero-order valence-electron chi connectivity index (χ0n) is 10.6. The largest absolute Gasteiger partial charge is 0.356 e. The van der Waals surface area contributed by atoms with Gasteiger partial charge in [-0.05, 0) is 26.2 Å². The lowest BCUT2D eigenvalue weighted by atomic mass is 10.1. The summed E-state index contributed by atoms with van der Waals surface area (Å²) in [7, 11) is 0. The fourth-order valence-electron chi connectivity index (χ4n) is 1.94. The molecule has 0 aliphatic carbocycles. The van der Waals surface area contributed by atoms with E-state index in [2.05, 4.69) is 10.6 Å². The van der Waals surface area contributed by atoms with Crippen LogP contribution in [0.1, 0.15) is 32.6 Å². The third-order valence-electron chi connectivity index (χ3n) is 2.89. The van der Waals surface area contributed by atoms with Crippen molar-refractivity contribution in [2.75, 3.05) is 32.7 Å². The molecule has 1 aliphatic heterocycles. The van der Waals surface area contributed by atoms with Crippen LogP contribution in [-0.4, -0.2) is 49.4 Å². The standard InChI is InChI=1S/C12H23N3O2/c1-2-14-11(16)6-7-13-10-12(17)15-8-4-3-5-9-15/h13H,2-10H2,1H3,(H,14,16). The molecule has 1 rings (SSSR count). The van der Waals surface area contributed by atoms with Crippen LogP contribution in [0, 0.1) is 0 Å². The first kappa shape index (κ1) is 14.0. The van der Waals surface area contributed by atoms with E-state index in [1.807, 2.05) is 11.8 Å². The van der Waals surface area contributed by atoms with Crippen LogP contribution in [0.3, 0.4) is 0 Å². The van der Waals surface area contributed by atoms with E-state index in [9.17, 15) is 9.59 Å². The molecule has 0 aromatic heterocycles. The molecule has 0 aromatic rings. The number of nitrogens with one attached hydrogen (secondary N) is 2. The van der Waals surface area contributed by atoms with Crippen LogP contribution in [0.4, 0.5) is 0 Å². The minimum atomic E-state index is 0.0328. The van der Waals surface area contributed by atoms with Crippen molar-refractivity contribution in [3.63, 3.8) is 0 Å². The van der Waals surface area contributed by atoms with Gasteiger partial charge >= 0.3 is 0 Å². The first-order valence-corrected chi connectivity index (χ1v) is 6.49. The smallest absolute Gasteiger partial charge is 0.236 e. The predicted molar refractivity (Wildman–Crippen MR) is 66.6 cm³/mol. The highest BCUT2D eigenvalue weighted by Gasteiger charge is 2.15. The monoisotopic (exact) mass is 241 g/mol. The third kappa shape index (κ3) is 5.68. The second-order valence-corrected chi connectivity index (χ2v) is 4.32. The van der Waals surface area contributed by atoms with E-state index in [0.717, 1.165) is 25.9 Å². The van der Waals surface area contributed by atoms with E-state index in [0.29, 0.717) is 26.1 Å². The van der Waals surface area contributed by atoms with Crippen molar-refractivity contribution >= 4 is 11.8 Å². The molecule has 2 N–H and O–H groups in total. The number of amides is 2. The fraction of sp³-hybridized carbons (Fsp3) is 0.833. The van der Waals surface area contributed by atoms with E-state index in [1.54, 1.807) is 0 Å². The zero-order chi connectivity index (χ0) is 12.5. The summed E-state index contributed by atoms with van der Waals surface area (Å²) < 4.78 is 0. The topological polar surface area (TPSA) is 61.4 Å². The molecular weight excluding hydrogens is 218 g/mol. The Labute approximate surface area is 103 Å². The Morgan fingerprint density at radius 2 is 1.88 bits per heavy atom. The molecular formula is C12H23N3O2. The number of hydrogen-bond acceptors (Lipinski definition) is 3. The number of piperidine rings is 1. The Morgan fingerprint density at radius 1 is 1.18 bits per heavy atom. The van der Waals surface area contributed by atoms with Gasteiger partial charge in [-0.3, -0.25) is 9.59 Å². The van der Waals surface area contributed by atoms with Gasteiger partial charge in [-0.1, -0.05) is 0 Å².